The van der Waals surface area contributed by atoms with Crippen molar-refractivity contribution in [3.63, 3.8) is 0 Å². The van der Waals surface area contributed by atoms with Crippen LogP contribution in [0.25, 0.3) is 0 Å². The molecule has 5 aliphatic rings. The van der Waals surface area contributed by atoms with E-state index in [1.807, 2.05) is 12.2 Å². The van der Waals surface area contributed by atoms with Crippen molar-refractivity contribution in [2.45, 2.75) is 12.6 Å². The van der Waals surface area contributed by atoms with Crippen LogP contribution < -0.4 is 5.32 Å². The van der Waals surface area contributed by atoms with Crippen molar-refractivity contribution in [2.75, 3.05) is 11.9 Å². The molecule has 1 aromatic carbocycles. The Kier molecular flexibility index (Phi) is 3.91. The normalized spacial score (nSPS) is 34.3. The Morgan fingerprint density at radius 2 is 1.69 bits per heavy atom. The molecule has 6 atom stereocenters. The molecular weight excluding hydrogens is 409 g/mol. The van der Waals surface area contributed by atoms with E-state index in [0.29, 0.717) is 11.8 Å². The second-order valence-electron chi connectivity index (χ2n) is 8.16. The number of hydrogen-bond donors (Lipinski definition) is 1. The topological polar surface area (TPSA) is 66.5 Å². The molecule has 1 aliphatic heterocycles. The summed E-state index contributed by atoms with van der Waals surface area (Å²) in [6.07, 6.45) is 0.493. The summed E-state index contributed by atoms with van der Waals surface area (Å²) in [5.74, 6) is -1.38. The number of carbonyl (C=O) groups is 3. The molecule has 3 fully saturated rings. The van der Waals surface area contributed by atoms with Gasteiger partial charge in [-0.2, -0.15) is 13.2 Å². The van der Waals surface area contributed by atoms with Crippen LogP contribution in [0.15, 0.2) is 30.4 Å². The predicted molar refractivity (Wildman–Crippen MR) is 96.5 cm³/mol. The average Bonchev–Trinajstić information content (AvgIpc) is 3.44. The Morgan fingerprint density at radius 3 is 2.24 bits per heavy atom. The summed E-state index contributed by atoms with van der Waals surface area (Å²) >= 11 is 5.89. The van der Waals surface area contributed by atoms with Crippen LogP contribution in [0.5, 0.6) is 0 Å². The Labute approximate surface area is 168 Å². The molecule has 2 saturated carbocycles. The summed E-state index contributed by atoms with van der Waals surface area (Å²) in [5.41, 5.74) is -1.18. The third-order valence-corrected chi connectivity index (χ3v) is 6.95. The second-order valence-corrected chi connectivity index (χ2v) is 8.56. The van der Waals surface area contributed by atoms with E-state index in [-0.39, 0.29) is 34.4 Å². The van der Waals surface area contributed by atoms with Gasteiger partial charge < -0.3 is 5.32 Å². The van der Waals surface area contributed by atoms with E-state index in [0.717, 1.165) is 29.5 Å². The number of nitrogens with one attached hydrogen (secondary N) is 1. The number of halogens is 4. The largest absolute Gasteiger partial charge is 0.416 e. The maximum absolute atomic E-state index is 12.9. The van der Waals surface area contributed by atoms with Crippen molar-refractivity contribution in [1.29, 1.82) is 0 Å². The zero-order chi connectivity index (χ0) is 20.7. The van der Waals surface area contributed by atoms with Crippen molar-refractivity contribution in [1.82, 2.24) is 4.90 Å². The van der Waals surface area contributed by atoms with Gasteiger partial charge in [0.1, 0.15) is 6.54 Å². The smallest absolute Gasteiger partial charge is 0.323 e. The molecule has 1 heterocycles. The number of imide groups is 1. The van der Waals surface area contributed by atoms with Gasteiger partial charge in [0.25, 0.3) is 0 Å². The van der Waals surface area contributed by atoms with Gasteiger partial charge >= 0.3 is 6.18 Å². The highest BCUT2D eigenvalue weighted by Crippen LogP contribution is 2.65. The van der Waals surface area contributed by atoms with Gasteiger partial charge in [-0.25, -0.2) is 0 Å². The van der Waals surface area contributed by atoms with Crippen LogP contribution >= 0.6 is 11.6 Å². The quantitative estimate of drug-likeness (QED) is 0.597. The number of benzene rings is 1. The number of likely N-dealkylation sites (tertiary alicyclic amines) is 1. The molecule has 1 aromatic rings. The number of alkyl halides is 3. The maximum Gasteiger partial charge on any atom is 0.416 e. The number of hydrogen-bond acceptors (Lipinski definition) is 3. The summed E-state index contributed by atoms with van der Waals surface area (Å²) in [5, 5.41) is 2.23. The van der Waals surface area contributed by atoms with Crippen LogP contribution in [0.3, 0.4) is 0 Å². The molecule has 152 valence electrons. The van der Waals surface area contributed by atoms with Crippen molar-refractivity contribution >= 4 is 35.0 Å². The van der Waals surface area contributed by atoms with Crippen molar-refractivity contribution in [3.05, 3.63) is 40.9 Å². The fourth-order valence-electron chi connectivity index (χ4n) is 5.31. The fraction of sp³-hybridized carbons (Fsp3) is 0.450. The number of nitrogens with zero attached hydrogens (tertiary/aromatic N) is 1. The number of allylic oxidation sites excluding steroid dienone is 2. The SMILES string of the molecule is O=C(CN1C(=O)[C@@H]2[C@@H]3C=C[C@@H]([C@H]4C[C@@H]34)[C@@H]2C1=O)Nc1cc(C(F)(F)F)ccc1Cl. The molecule has 0 aromatic heterocycles. The van der Waals surface area contributed by atoms with Gasteiger partial charge in [0.15, 0.2) is 0 Å². The van der Waals surface area contributed by atoms with Gasteiger partial charge in [0.05, 0.1) is 28.1 Å². The van der Waals surface area contributed by atoms with Gasteiger partial charge in [0.2, 0.25) is 17.7 Å². The van der Waals surface area contributed by atoms with Crippen LogP contribution in [-0.2, 0) is 20.6 Å². The summed E-state index contributed by atoms with van der Waals surface area (Å²) in [4.78, 5) is 39.1. The van der Waals surface area contributed by atoms with Crippen LogP contribution in [-0.4, -0.2) is 29.2 Å². The first kappa shape index (κ1) is 18.7. The first-order valence-corrected chi connectivity index (χ1v) is 9.75. The highest BCUT2D eigenvalue weighted by atomic mass is 35.5. The molecule has 5 nitrogen and oxygen atoms in total. The molecule has 4 aliphatic carbocycles. The van der Waals surface area contributed by atoms with E-state index in [4.69, 9.17) is 11.6 Å². The highest BCUT2D eigenvalue weighted by Gasteiger charge is 2.67. The summed E-state index contributed by atoms with van der Waals surface area (Å²) in [6.45, 7) is -0.536. The number of carbonyl (C=O) groups excluding carboxylic acids is 3. The first-order valence-electron chi connectivity index (χ1n) is 9.37. The summed E-state index contributed by atoms with van der Waals surface area (Å²) in [6, 6.07) is 2.58. The van der Waals surface area contributed by atoms with Gasteiger partial charge in [0, 0.05) is 0 Å². The molecule has 0 radical (unpaired) electrons. The Bertz CT molecular complexity index is 940. The maximum atomic E-state index is 12.9. The Balaban J connectivity index is 1.32. The van der Waals surface area contributed by atoms with Crippen molar-refractivity contribution < 1.29 is 27.6 Å². The molecular formula is C20H16ClF3N2O3. The second kappa shape index (κ2) is 6.08. The lowest BCUT2D eigenvalue weighted by atomic mass is 9.63. The Morgan fingerprint density at radius 1 is 1.10 bits per heavy atom. The van der Waals surface area contributed by atoms with Gasteiger partial charge in [-0.15, -0.1) is 0 Å². The van der Waals surface area contributed by atoms with Crippen molar-refractivity contribution in [2.24, 2.45) is 35.5 Å². The monoisotopic (exact) mass is 424 g/mol. The predicted octanol–water partition coefficient (Wildman–Crippen LogP) is 3.35. The molecule has 3 amide bonds. The summed E-state index contributed by atoms with van der Waals surface area (Å²) in [7, 11) is 0. The lowest BCUT2D eigenvalue weighted by Gasteiger charge is -2.37. The molecule has 1 saturated heterocycles. The van der Waals surface area contributed by atoms with Crippen LogP contribution in [0, 0.1) is 35.5 Å². The van der Waals surface area contributed by atoms with Gasteiger partial charge in [-0.3, -0.25) is 19.3 Å². The fourth-order valence-corrected chi connectivity index (χ4v) is 5.47. The van der Waals surface area contributed by atoms with Crippen LogP contribution in [0.4, 0.5) is 18.9 Å². The molecule has 0 unspecified atom stereocenters. The zero-order valence-electron chi connectivity index (χ0n) is 14.9. The number of rotatable bonds is 3. The van der Waals surface area contributed by atoms with E-state index in [9.17, 15) is 27.6 Å². The third-order valence-electron chi connectivity index (χ3n) is 6.62. The Hall–Kier alpha value is -2.35. The van der Waals surface area contributed by atoms with E-state index in [2.05, 4.69) is 5.32 Å². The van der Waals surface area contributed by atoms with E-state index >= 15 is 0 Å². The van der Waals surface area contributed by atoms with Crippen LogP contribution in [0.2, 0.25) is 5.02 Å². The number of anilines is 1. The lowest BCUT2D eigenvalue weighted by molar-refractivity contribution is -0.143. The van der Waals surface area contributed by atoms with Gasteiger partial charge in [-0.1, -0.05) is 23.8 Å². The molecule has 0 spiro atoms. The highest BCUT2D eigenvalue weighted by molar-refractivity contribution is 6.33. The average molecular weight is 425 g/mol. The molecule has 6 rings (SSSR count). The molecule has 9 heteroatoms. The zero-order valence-corrected chi connectivity index (χ0v) is 15.7. The van der Waals surface area contributed by atoms with Crippen LogP contribution in [0.1, 0.15) is 12.0 Å². The van der Waals surface area contributed by atoms with E-state index < -0.39 is 36.0 Å². The minimum Gasteiger partial charge on any atom is -0.323 e. The van der Waals surface area contributed by atoms with Crippen molar-refractivity contribution in [3.8, 4) is 0 Å². The molecule has 29 heavy (non-hydrogen) atoms. The summed E-state index contributed by atoms with van der Waals surface area (Å²) < 4.78 is 38.7. The van der Waals surface area contributed by atoms with E-state index in [1.165, 1.54) is 0 Å². The minimum atomic E-state index is -4.59. The number of amides is 3. The lowest BCUT2D eigenvalue weighted by Crippen LogP contribution is -2.40. The van der Waals surface area contributed by atoms with Gasteiger partial charge in [-0.05, 0) is 48.3 Å². The minimum absolute atomic E-state index is 0.0393. The van der Waals surface area contributed by atoms with E-state index in [1.54, 1.807) is 0 Å². The molecule has 1 N–H and O–H groups in total. The third kappa shape index (κ3) is 2.79. The molecule has 2 bridgehead atoms. The standard InChI is InChI=1S/C20H16ClF3N2O3/c21-13-4-1-8(20(22,23)24)5-14(13)25-15(27)7-26-18(28)16-9-2-3-10(12-6-11(9)12)17(16)19(26)29/h1-5,9-12,16-17H,6-7H2,(H,25,27)/t9-,10+,11+,12-,16-,17+. The first-order chi connectivity index (χ1) is 13.7.